The van der Waals surface area contributed by atoms with Crippen LogP contribution in [0.4, 0.5) is 0 Å². The van der Waals surface area contributed by atoms with Gasteiger partial charge in [0.25, 0.3) is 0 Å². The highest BCUT2D eigenvalue weighted by Crippen LogP contribution is 2.20. The monoisotopic (exact) mass is 277 g/mol. The molecule has 0 atom stereocenters. The molecule has 0 N–H and O–H groups in total. The van der Waals surface area contributed by atoms with Crippen LogP contribution in [0.5, 0.6) is 0 Å². The van der Waals surface area contributed by atoms with E-state index in [2.05, 4.69) is 21.2 Å². The van der Waals surface area contributed by atoms with Gasteiger partial charge >= 0.3 is 0 Å². The summed E-state index contributed by atoms with van der Waals surface area (Å²) in [5, 5.41) is 1.36. The largest absolute Gasteiger partial charge is 0.249 e. The second-order valence-electron chi connectivity index (χ2n) is 4.19. The Morgan fingerprint density at radius 3 is 2.78 bits per heavy atom. The van der Waals surface area contributed by atoms with Crippen LogP contribution >= 0.6 is 23.2 Å². The van der Waals surface area contributed by atoms with Gasteiger partial charge in [0.05, 0.1) is 6.20 Å². The lowest BCUT2D eigenvalue weighted by atomic mass is 10.2. The fourth-order valence-corrected chi connectivity index (χ4v) is 2.45. The minimum absolute atomic E-state index is 0.663. The van der Waals surface area contributed by atoms with E-state index < -0.39 is 0 Å². The Morgan fingerprint density at radius 2 is 2.00 bits per heavy atom. The summed E-state index contributed by atoms with van der Waals surface area (Å²) in [4.78, 5) is 0. The van der Waals surface area contributed by atoms with Crippen molar-refractivity contribution in [2.45, 2.75) is 6.54 Å². The molecule has 0 radical (unpaired) electrons. The number of halogens is 2. The van der Waals surface area contributed by atoms with Crippen molar-refractivity contribution in [2.24, 2.45) is 0 Å². The number of hydrogen-bond donors (Lipinski definition) is 0. The first-order valence-electron chi connectivity index (χ1n) is 5.62. The maximum absolute atomic E-state index is 6.17. The van der Waals surface area contributed by atoms with E-state index >= 15 is 0 Å². The summed E-state index contributed by atoms with van der Waals surface area (Å²) in [7, 11) is 0. The molecule has 0 bridgehead atoms. The lowest BCUT2D eigenvalue weighted by Gasteiger charge is -2.01. The number of rotatable bonds is 2. The second-order valence-corrected chi connectivity index (χ2v) is 5.03. The number of nitrogens with zero attached hydrogens (tertiary/aromatic N) is 2. The predicted octanol–water partition coefficient (Wildman–Crippen LogP) is 3.58. The molecule has 90 valence electrons. The molecule has 0 amide bonds. The Morgan fingerprint density at radius 1 is 1.11 bits per heavy atom. The minimum atomic E-state index is 0.663. The minimum Gasteiger partial charge on any atom is -0.232 e. The zero-order valence-electron chi connectivity index (χ0n) is 9.55. The van der Waals surface area contributed by atoms with E-state index in [0.29, 0.717) is 10.0 Å². The molecular weight excluding hydrogens is 267 g/mol. The molecule has 0 aliphatic carbocycles. The first-order valence-corrected chi connectivity index (χ1v) is 6.38. The summed E-state index contributed by atoms with van der Waals surface area (Å²) in [5.41, 5.74) is 2.21. The Bertz CT molecular complexity index is 671. The number of hydrogen-bond acceptors (Lipinski definition) is 0. The highest BCUT2D eigenvalue weighted by Gasteiger charge is 2.08. The fraction of sp³-hybridized carbons (Fsp3) is 0.0714. The Hall–Kier alpha value is -1.51. The number of benzene rings is 1. The molecule has 1 aromatic carbocycles. The summed E-state index contributed by atoms with van der Waals surface area (Å²) in [6.07, 6.45) is 6.15. The molecule has 2 aromatic heterocycles. The first kappa shape index (κ1) is 11.6. The van der Waals surface area contributed by atoms with E-state index in [1.54, 1.807) is 6.07 Å². The molecule has 0 fully saturated rings. The zero-order chi connectivity index (χ0) is 12.5. The summed E-state index contributed by atoms with van der Waals surface area (Å²) in [5.74, 6) is 0. The topological polar surface area (TPSA) is 8.29 Å². The molecular formula is C14H11Cl2N2+. The van der Waals surface area contributed by atoms with Gasteiger partial charge < -0.3 is 0 Å². The van der Waals surface area contributed by atoms with Gasteiger partial charge in [0.2, 0.25) is 6.33 Å². The van der Waals surface area contributed by atoms with Crippen LogP contribution in [0.2, 0.25) is 10.0 Å². The van der Waals surface area contributed by atoms with Crippen LogP contribution in [0.15, 0.2) is 55.1 Å². The molecule has 3 rings (SSSR count). The van der Waals surface area contributed by atoms with Gasteiger partial charge in [-0.25, -0.2) is 8.97 Å². The van der Waals surface area contributed by atoms with Gasteiger partial charge in [-0.2, -0.15) is 0 Å². The van der Waals surface area contributed by atoms with Crippen LogP contribution in [-0.2, 0) is 6.54 Å². The summed E-state index contributed by atoms with van der Waals surface area (Å²) in [6.45, 7) is 0.734. The highest BCUT2D eigenvalue weighted by molar-refractivity contribution is 6.35. The van der Waals surface area contributed by atoms with Gasteiger partial charge in [-0.3, -0.25) is 0 Å². The maximum Gasteiger partial charge on any atom is 0.249 e. The van der Waals surface area contributed by atoms with Crippen molar-refractivity contribution in [3.05, 3.63) is 70.7 Å². The number of imidazole rings is 1. The summed E-state index contributed by atoms with van der Waals surface area (Å²) in [6, 6.07) is 11.7. The lowest BCUT2D eigenvalue weighted by Crippen LogP contribution is -2.31. The Labute approximate surface area is 115 Å². The van der Waals surface area contributed by atoms with Gasteiger partial charge in [0.15, 0.2) is 5.52 Å². The van der Waals surface area contributed by atoms with Crippen molar-refractivity contribution in [2.75, 3.05) is 0 Å². The number of pyridine rings is 1. The molecule has 4 heteroatoms. The maximum atomic E-state index is 6.17. The molecule has 0 saturated carbocycles. The van der Waals surface area contributed by atoms with Crippen molar-refractivity contribution in [3.63, 3.8) is 0 Å². The molecule has 2 nitrogen and oxygen atoms in total. The smallest absolute Gasteiger partial charge is 0.232 e. The van der Waals surface area contributed by atoms with E-state index in [-0.39, 0.29) is 0 Å². The van der Waals surface area contributed by atoms with Gasteiger partial charge in [-0.15, -0.1) is 0 Å². The second kappa shape index (κ2) is 4.63. The first-order chi connectivity index (χ1) is 8.72. The van der Waals surface area contributed by atoms with Gasteiger partial charge in [-0.1, -0.05) is 35.3 Å². The van der Waals surface area contributed by atoms with Gasteiger partial charge in [0.1, 0.15) is 12.7 Å². The van der Waals surface area contributed by atoms with E-state index in [0.717, 1.165) is 17.6 Å². The van der Waals surface area contributed by atoms with Crippen LogP contribution in [0, 0.1) is 0 Å². The standard InChI is InChI=1S/C14H11Cl2N2/c15-12-5-4-11(14(16)7-12)8-17-9-13-3-1-2-6-18(13)10-17/h1-7,9-10H,8H2/q+1. The van der Waals surface area contributed by atoms with Crippen LogP contribution in [-0.4, -0.2) is 4.40 Å². The summed E-state index contributed by atoms with van der Waals surface area (Å²) < 4.78 is 4.17. The molecule has 0 unspecified atom stereocenters. The van der Waals surface area contributed by atoms with Crippen molar-refractivity contribution in [1.82, 2.24) is 4.40 Å². The zero-order valence-corrected chi connectivity index (χ0v) is 11.1. The van der Waals surface area contributed by atoms with Gasteiger partial charge in [-0.05, 0) is 24.3 Å². The third-order valence-corrected chi connectivity index (χ3v) is 3.45. The van der Waals surface area contributed by atoms with Crippen molar-refractivity contribution >= 4 is 28.7 Å². The van der Waals surface area contributed by atoms with E-state index in [9.17, 15) is 0 Å². The Balaban J connectivity index is 1.96. The molecule has 18 heavy (non-hydrogen) atoms. The molecule has 0 spiro atoms. The average Bonchev–Trinajstić information content (AvgIpc) is 2.75. The van der Waals surface area contributed by atoms with Crippen LogP contribution < -0.4 is 4.57 Å². The van der Waals surface area contributed by atoms with Crippen molar-refractivity contribution in [1.29, 1.82) is 0 Å². The molecule has 2 heterocycles. The van der Waals surface area contributed by atoms with Crippen molar-refractivity contribution < 1.29 is 4.57 Å². The molecule has 3 aromatic rings. The quantitative estimate of drug-likeness (QED) is 0.633. The third-order valence-electron chi connectivity index (χ3n) is 2.86. The number of aromatic nitrogens is 2. The SMILES string of the molecule is Clc1ccc(C[n+]2cc3ccccn3c2)c(Cl)c1. The molecule has 0 saturated heterocycles. The molecule has 0 aliphatic rings. The van der Waals surface area contributed by atoms with E-state index in [1.165, 1.54) is 0 Å². The Kier molecular flexibility index (Phi) is 2.98. The van der Waals surface area contributed by atoms with Crippen molar-refractivity contribution in [3.8, 4) is 0 Å². The molecule has 0 aliphatic heterocycles. The van der Waals surface area contributed by atoms with Crippen LogP contribution in [0.1, 0.15) is 5.56 Å². The normalized spacial score (nSPS) is 11.0. The van der Waals surface area contributed by atoms with E-state index in [1.807, 2.05) is 36.8 Å². The lowest BCUT2D eigenvalue weighted by molar-refractivity contribution is -0.686. The van der Waals surface area contributed by atoms with E-state index in [4.69, 9.17) is 23.2 Å². The van der Waals surface area contributed by atoms with Crippen LogP contribution in [0.25, 0.3) is 5.52 Å². The van der Waals surface area contributed by atoms with Gasteiger partial charge in [0, 0.05) is 15.6 Å². The summed E-state index contributed by atoms with van der Waals surface area (Å²) >= 11 is 12.1. The number of fused-ring (bicyclic) bond motifs is 1. The average molecular weight is 278 g/mol. The third kappa shape index (κ3) is 2.22. The highest BCUT2D eigenvalue weighted by atomic mass is 35.5. The predicted molar refractivity (Wildman–Crippen MR) is 73.2 cm³/mol. The van der Waals surface area contributed by atoms with Crippen LogP contribution in [0.3, 0.4) is 0 Å². The fourth-order valence-electron chi connectivity index (χ4n) is 1.98.